The van der Waals surface area contributed by atoms with Crippen molar-refractivity contribution in [3.8, 4) is 12.3 Å². The van der Waals surface area contributed by atoms with Crippen LogP contribution < -0.4 is 5.32 Å². The molecular weight excluding hydrogens is 281 g/mol. The molecule has 0 aliphatic rings. The lowest BCUT2D eigenvalue weighted by atomic mass is 10.1. The van der Waals surface area contributed by atoms with Crippen molar-refractivity contribution in [2.75, 3.05) is 5.32 Å². The molecule has 0 fully saturated rings. The van der Waals surface area contributed by atoms with Crippen LogP contribution in [0.4, 0.5) is 15.8 Å². The minimum absolute atomic E-state index is 0.0523. The highest BCUT2D eigenvalue weighted by Crippen LogP contribution is 2.28. The Labute approximate surface area is 120 Å². The Morgan fingerprint density at radius 1 is 1.25 bits per heavy atom. The van der Waals surface area contributed by atoms with Gasteiger partial charge in [-0.15, -0.1) is 6.42 Å². The number of benzene rings is 2. The maximum absolute atomic E-state index is 13.2. The fraction of sp³-hybridized carbons (Fsp3) is 0. The molecule has 0 saturated carbocycles. The molecule has 0 amide bonds. The predicted molar refractivity (Wildman–Crippen MR) is 76.0 cm³/mol. The van der Waals surface area contributed by atoms with E-state index in [1.54, 1.807) is 18.2 Å². The number of hydrogen-bond donors (Lipinski definition) is 2. The van der Waals surface area contributed by atoms with Gasteiger partial charge in [0.25, 0.3) is 0 Å². The van der Waals surface area contributed by atoms with Crippen molar-refractivity contribution < 1.29 is 14.3 Å². The van der Waals surface area contributed by atoms with Crippen molar-refractivity contribution in [2.45, 2.75) is 0 Å². The fourth-order valence-corrected chi connectivity index (χ4v) is 1.89. The minimum atomic E-state index is -1.16. The van der Waals surface area contributed by atoms with Crippen molar-refractivity contribution in [1.29, 1.82) is 0 Å². The number of halogens is 2. The van der Waals surface area contributed by atoms with Crippen LogP contribution >= 0.6 is 11.6 Å². The second kappa shape index (κ2) is 5.64. The summed E-state index contributed by atoms with van der Waals surface area (Å²) >= 11 is 6.03. The van der Waals surface area contributed by atoms with Gasteiger partial charge < -0.3 is 10.4 Å². The second-order valence-corrected chi connectivity index (χ2v) is 4.37. The normalized spacial score (nSPS) is 9.85. The summed E-state index contributed by atoms with van der Waals surface area (Å²) in [4.78, 5) is 11.1. The van der Waals surface area contributed by atoms with Gasteiger partial charge in [-0.3, -0.25) is 0 Å². The van der Waals surface area contributed by atoms with E-state index in [0.717, 1.165) is 12.1 Å². The van der Waals surface area contributed by atoms with Crippen LogP contribution in [0.15, 0.2) is 36.4 Å². The summed E-state index contributed by atoms with van der Waals surface area (Å²) in [7, 11) is 0. The quantitative estimate of drug-likeness (QED) is 0.843. The van der Waals surface area contributed by atoms with Gasteiger partial charge in [0.05, 0.1) is 22.0 Å². The van der Waals surface area contributed by atoms with E-state index in [-0.39, 0.29) is 11.3 Å². The largest absolute Gasteiger partial charge is 0.478 e. The zero-order valence-corrected chi connectivity index (χ0v) is 10.9. The van der Waals surface area contributed by atoms with Crippen LogP contribution in [0.3, 0.4) is 0 Å². The topological polar surface area (TPSA) is 49.3 Å². The third-order valence-electron chi connectivity index (χ3n) is 2.62. The third-order valence-corrected chi connectivity index (χ3v) is 2.93. The summed E-state index contributed by atoms with van der Waals surface area (Å²) in [5, 5.41) is 12.2. The van der Waals surface area contributed by atoms with Gasteiger partial charge in [-0.25, -0.2) is 9.18 Å². The van der Waals surface area contributed by atoms with Gasteiger partial charge in [-0.05, 0) is 36.4 Å². The first kappa shape index (κ1) is 13.9. The SMILES string of the molecule is C#Cc1ccc(Nc2cc(F)ccc2C(=O)O)c(Cl)c1. The molecule has 2 N–H and O–H groups in total. The zero-order valence-electron chi connectivity index (χ0n) is 10.2. The molecule has 0 aliphatic carbocycles. The molecule has 2 aromatic rings. The predicted octanol–water partition coefficient (Wildman–Crippen LogP) is 3.90. The van der Waals surface area contributed by atoms with E-state index in [0.29, 0.717) is 16.3 Å². The highest BCUT2D eigenvalue weighted by molar-refractivity contribution is 6.33. The fourth-order valence-electron chi connectivity index (χ4n) is 1.66. The first-order valence-electron chi connectivity index (χ1n) is 5.57. The van der Waals surface area contributed by atoms with Crippen molar-refractivity contribution in [2.24, 2.45) is 0 Å². The highest BCUT2D eigenvalue weighted by atomic mass is 35.5. The third kappa shape index (κ3) is 2.90. The van der Waals surface area contributed by atoms with E-state index in [4.69, 9.17) is 23.1 Å². The van der Waals surface area contributed by atoms with Gasteiger partial charge in [0.2, 0.25) is 0 Å². The van der Waals surface area contributed by atoms with Crippen molar-refractivity contribution in [3.05, 3.63) is 58.4 Å². The minimum Gasteiger partial charge on any atom is -0.478 e. The Hall–Kier alpha value is -2.51. The monoisotopic (exact) mass is 289 g/mol. The van der Waals surface area contributed by atoms with E-state index < -0.39 is 11.8 Å². The molecule has 20 heavy (non-hydrogen) atoms. The average molecular weight is 290 g/mol. The molecule has 0 atom stereocenters. The lowest BCUT2D eigenvalue weighted by Gasteiger charge is -2.11. The van der Waals surface area contributed by atoms with Crippen molar-refractivity contribution in [3.63, 3.8) is 0 Å². The van der Waals surface area contributed by atoms with E-state index in [1.165, 1.54) is 6.07 Å². The lowest BCUT2D eigenvalue weighted by Crippen LogP contribution is -2.03. The zero-order chi connectivity index (χ0) is 14.7. The maximum atomic E-state index is 13.2. The molecule has 0 spiro atoms. The summed E-state index contributed by atoms with van der Waals surface area (Å²) < 4.78 is 13.2. The number of carboxylic acids is 1. The van der Waals surface area contributed by atoms with Crippen molar-refractivity contribution in [1.82, 2.24) is 0 Å². The van der Waals surface area contributed by atoms with E-state index >= 15 is 0 Å². The molecule has 0 heterocycles. The van der Waals surface area contributed by atoms with Crippen LogP contribution in [0.5, 0.6) is 0 Å². The van der Waals surface area contributed by atoms with E-state index in [2.05, 4.69) is 11.2 Å². The number of anilines is 2. The molecule has 0 unspecified atom stereocenters. The van der Waals surface area contributed by atoms with Gasteiger partial charge in [-0.2, -0.15) is 0 Å². The molecule has 5 heteroatoms. The number of carboxylic acid groups (broad SMARTS) is 1. The second-order valence-electron chi connectivity index (χ2n) is 3.96. The smallest absolute Gasteiger partial charge is 0.337 e. The molecule has 100 valence electrons. The van der Waals surface area contributed by atoms with Gasteiger partial charge in [0.15, 0.2) is 0 Å². The highest BCUT2D eigenvalue weighted by Gasteiger charge is 2.12. The summed E-state index contributed by atoms with van der Waals surface area (Å²) in [6.45, 7) is 0. The van der Waals surface area contributed by atoms with Crippen LogP contribution in [0.25, 0.3) is 0 Å². The summed E-state index contributed by atoms with van der Waals surface area (Å²) in [6.07, 6.45) is 5.25. The van der Waals surface area contributed by atoms with E-state index in [1.807, 2.05) is 0 Å². The first-order chi connectivity index (χ1) is 9.51. The Balaban J connectivity index is 2.42. The number of terminal acetylenes is 1. The number of hydrogen-bond acceptors (Lipinski definition) is 2. The van der Waals surface area contributed by atoms with Gasteiger partial charge in [0.1, 0.15) is 5.82 Å². The Morgan fingerprint density at radius 2 is 2.00 bits per heavy atom. The Kier molecular flexibility index (Phi) is 3.92. The maximum Gasteiger partial charge on any atom is 0.337 e. The average Bonchev–Trinajstić information content (AvgIpc) is 2.40. The molecule has 2 rings (SSSR count). The first-order valence-corrected chi connectivity index (χ1v) is 5.95. The van der Waals surface area contributed by atoms with Crippen LogP contribution in [-0.4, -0.2) is 11.1 Å². The van der Waals surface area contributed by atoms with Crippen LogP contribution in [-0.2, 0) is 0 Å². The number of rotatable bonds is 3. The Bertz CT molecular complexity index is 722. The summed E-state index contributed by atoms with van der Waals surface area (Å²) in [6, 6.07) is 8.17. The van der Waals surface area contributed by atoms with Crippen LogP contribution in [0.2, 0.25) is 5.02 Å². The molecule has 0 saturated heterocycles. The number of aromatic carboxylic acids is 1. The summed E-state index contributed by atoms with van der Waals surface area (Å²) in [5.41, 5.74) is 1.10. The van der Waals surface area contributed by atoms with Crippen LogP contribution in [0.1, 0.15) is 15.9 Å². The lowest BCUT2D eigenvalue weighted by molar-refractivity contribution is 0.0698. The van der Waals surface area contributed by atoms with Crippen molar-refractivity contribution >= 4 is 28.9 Å². The molecule has 0 aromatic heterocycles. The standard InChI is InChI=1S/C15H9ClFNO2/c1-2-9-3-6-13(12(16)7-9)18-14-8-10(17)4-5-11(14)15(19)20/h1,3-8,18H,(H,19,20). The number of nitrogens with one attached hydrogen (secondary N) is 1. The van der Waals surface area contributed by atoms with E-state index in [9.17, 15) is 9.18 Å². The molecule has 0 aliphatic heterocycles. The molecule has 0 bridgehead atoms. The Morgan fingerprint density at radius 3 is 2.60 bits per heavy atom. The number of carbonyl (C=O) groups is 1. The van der Waals surface area contributed by atoms with Gasteiger partial charge in [-0.1, -0.05) is 17.5 Å². The molecule has 0 radical (unpaired) electrons. The molecule has 3 nitrogen and oxygen atoms in total. The molecule has 2 aromatic carbocycles. The van der Waals surface area contributed by atoms with Gasteiger partial charge in [0, 0.05) is 5.56 Å². The summed E-state index contributed by atoms with van der Waals surface area (Å²) in [5.74, 6) is 0.721. The van der Waals surface area contributed by atoms with Crippen LogP contribution in [0, 0.1) is 18.2 Å². The van der Waals surface area contributed by atoms with Gasteiger partial charge >= 0.3 is 5.97 Å². The molecular formula is C15H9ClFNO2.